The van der Waals surface area contributed by atoms with Gasteiger partial charge in [0.05, 0.1) is 0 Å². The summed E-state index contributed by atoms with van der Waals surface area (Å²) in [7, 11) is 0. The lowest BCUT2D eigenvalue weighted by molar-refractivity contribution is -0.120. The molecule has 0 saturated carbocycles. The van der Waals surface area contributed by atoms with Crippen molar-refractivity contribution in [2.24, 2.45) is 5.73 Å². The summed E-state index contributed by atoms with van der Waals surface area (Å²) in [5.41, 5.74) is 5.64. The molecule has 0 aliphatic heterocycles. The van der Waals surface area contributed by atoms with Crippen molar-refractivity contribution in [3.63, 3.8) is 0 Å². The maximum Gasteiger partial charge on any atom is 0.318 e. The molecule has 1 rings (SSSR count). The molecule has 1 unspecified atom stereocenters. The minimum Gasteiger partial charge on any atom is -0.373 e. The topological polar surface area (TPSA) is 84.2 Å². The van der Waals surface area contributed by atoms with Gasteiger partial charge in [0.15, 0.2) is 0 Å². The fourth-order valence-electron chi connectivity index (χ4n) is 1.14. The van der Waals surface area contributed by atoms with Crippen molar-refractivity contribution in [2.45, 2.75) is 13.0 Å². The Morgan fingerprint density at radius 1 is 1.47 bits per heavy atom. The van der Waals surface area contributed by atoms with E-state index in [9.17, 15) is 9.59 Å². The number of carbonyl (C=O) groups is 2. The van der Waals surface area contributed by atoms with Gasteiger partial charge in [-0.2, -0.15) is 0 Å². The molecule has 0 saturated heterocycles. The Morgan fingerprint density at radius 2 is 2.12 bits per heavy atom. The van der Waals surface area contributed by atoms with E-state index in [1.807, 2.05) is 23.5 Å². The fourth-order valence-corrected chi connectivity index (χ4v) is 2.55. The van der Waals surface area contributed by atoms with Gasteiger partial charge in [-0.05, 0) is 63.6 Å². The summed E-state index contributed by atoms with van der Waals surface area (Å²) in [5, 5.41) is 4.99. The molecule has 0 heterocycles. The molecule has 0 spiro atoms. The second-order valence-electron chi connectivity index (χ2n) is 3.34. The molecule has 1 aromatic rings. The molecule has 0 fully saturated rings. The second-order valence-corrected chi connectivity index (χ2v) is 5.44. The summed E-state index contributed by atoms with van der Waals surface area (Å²) in [6.07, 6.45) is 0. The average Bonchev–Trinajstić information content (AvgIpc) is 2.21. The Labute approximate surface area is 121 Å². The van der Waals surface area contributed by atoms with Crippen molar-refractivity contribution in [3.8, 4) is 0 Å². The number of urea groups is 1. The molecule has 0 aromatic heterocycles. The number of anilines is 1. The molecule has 0 bridgehead atoms. The van der Waals surface area contributed by atoms with Crippen LogP contribution in [0.2, 0.25) is 0 Å². The van der Waals surface area contributed by atoms with E-state index in [1.54, 1.807) is 6.92 Å². The van der Waals surface area contributed by atoms with Crippen LogP contribution in [0.3, 0.4) is 0 Å². The van der Waals surface area contributed by atoms with Crippen molar-refractivity contribution in [1.82, 2.24) is 5.32 Å². The summed E-state index contributed by atoms with van der Waals surface area (Å²) in [6.45, 7) is 1.64. The van der Waals surface area contributed by atoms with Gasteiger partial charge in [-0.15, -0.1) is 0 Å². The number of benzene rings is 1. The van der Waals surface area contributed by atoms with Gasteiger partial charge in [0.1, 0.15) is 6.04 Å². The van der Waals surface area contributed by atoms with E-state index in [0.717, 1.165) is 13.7 Å². The second kappa shape index (κ2) is 6.20. The summed E-state index contributed by atoms with van der Waals surface area (Å²) in [6, 6.07) is 4.26. The number of nitrogens with one attached hydrogen (secondary N) is 2. The molecular formula is C10H11BrIN3O2. The summed E-state index contributed by atoms with van der Waals surface area (Å²) >= 11 is 5.57. The van der Waals surface area contributed by atoms with Gasteiger partial charge in [0, 0.05) is 13.7 Å². The molecule has 0 aliphatic rings. The van der Waals surface area contributed by atoms with E-state index in [1.165, 1.54) is 0 Å². The molecule has 1 atom stereocenters. The maximum atomic E-state index is 11.4. The standard InChI is InChI=1S/C10H11BrIN3O2/c1-5(9(16)15-10(13)17)14-8-3-2-6(12)4-7(8)11/h2-5,14H,1H3,(H3,13,15,16,17). The largest absolute Gasteiger partial charge is 0.373 e. The van der Waals surface area contributed by atoms with E-state index in [-0.39, 0.29) is 0 Å². The molecule has 5 nitrogen and oxygen atoms in total. The highest BCUT2D eigenvalue weighted by Crippen LogP contribution is 2.24. The van der Waals surface area contributed by atoms with Crippen LogP contribution in [0.25, 0.3) is 0 Å². The van der Waals surface area contributed by atoms with E-state index >= 15 is 0 Å². The van der Waals surface area contributed by atoms with Crippen LogP contribution in [0.4, 0.5) is 10.5 Å². The van der Waals surface area contributed by atoms with Gasteiger partial charge in [-0.1, -0.05) is 0 Å². The van der Waals surface area contributed by atoms with Crippen LogP contribution in [-0.2, 0) is 4.79 Å². The van der Waals surface area contributed by atoms with Crippen molar-refractivity contribution in [1.29, 1.82) is 0 Å². The lowest BCUT2D eigenvalue weighted by Crippen LogP contribution is -2.43. The number of primary amides is 1. The third-order valence-corrected chi connectivity index (χ3v) is 3.27. The van der Waals surface area contributed by atoms with Crippen LogP contribution in [0, 0.1) is 3.57 Å². The molecule has 0 radical (unpaired) electrons. The first-order valence-corrected chi connectivity index (χ1v) is 6.59. The number of hydrogen-bond acceptors (Lipinski definition) is 3. The first-order chi connectivity index (χ1) is 7.90. The summed E-state index contributed by atoms with van der Waals surface area (Å²) in [4.78, 5) is 22.0. The lowest BCUT2D eigenvalue weighted by Gasteiger charge is -2.15. The Kier molecular flexibility index (Phi) is 5.19. The fraction of sp³-hybridized carbons (Fsp3) is 0.200. The Morgan fingerprint density at radius 3 is 2.65 bits per heavy atom. The monoisotopic (exact) mass is 411 g/mol. The van der Waals surface area contributed by atoms with Crippen molar-refractivity contribution < 1.29 is 9.59 Å². The van der Waals surface area contributed by atoms with Gasteiger partial charge in [0.2, 0.25) is 5.91 Å². The smallest absolute Gasteiger partial charge is 0.318 e. The summed E-state index contributed by atoms with van der Waals surface area (Å²) in [5.74, 6) is -0.469. The van der Waals surface area contributed by atoms with Crippen LogP contribution >= 0.6 is 38.5 Å². The highest BCUT2D eigenvalue weighted by Gasteiger charge is 2.15. The molecule has 0 aliphatic carbocycles. The van der Waals surface area contributed by atoms with Gasteiger partial charge in [0.25, 0.3) is 0 Å². The SMILES string of the molecule is CC(Nc1ccc(I)cc1Br)C(=O)NC(N)=O. The van der Waals surface area contributed by atoms with Crippen molar-refractivity contribution in [2.75, 3.05) is 5.32 Å². The Balaban J connectivity index is 2.70. The number of imide groups is 1. The molecule has 7 heteroatoms. The summed E-state index contributed by atoms with van der Waals surface area (Å²) < 4.78 is 1.93. The first kappa shape index (κ1) is 14.2. The van der Waals surface area contributed by atoms with E-state index < -0.39 is 18.0 Å². The van der Waals surface area contributed by atoms with Crippen molar-refractivity contribution >= 4 is 56.1 Å². The van der Waals surface area contributed by atoms with Crippen LogP contribution in [0.5, 0.6) is 0 Å². The Bertz CT molecular complexity index is 453. The normalized spacial score (nSPS) is 11.7. The van der Waals surface area contributed by atoms with Gasteiger partial charge < -0.3 is 11.1 Å². The molecule has 17 heavy (non-hydrogen) atoms. The zero-order valence-corrected chi connectivity index (χ0v) is 12.7. The quantitative estimate of drug-likeness (QED) is 0.665. The molecular weight excluding hydrogens is 401 g/mol. The molecule has 92 valence electrons. The predicted octanol–water partition coefficient (Wildman–Crippen LogP) is 2.05. The van der Waals surface area contributed by atoms with E-state index in [4.69, 9.17) is 5.73 Å². The van der Waals surface area contributed by atoms with Gasteiger partial charge in [-0.25, -0.2) is 4.79 Å². The van der Waals surface area contributed by atoms with Gasteiger partial charge >= 0.3 is 6.03 Å². The van der Waals surface area contributed by atoms with Crippen LogP contribution in [0.1, 0.15) is 6.92 Å². The molecule has 1 aromatic carbocycles. The average molecular weight is 412 g/mol. The maximum absolute atomic E-state index is 11.4. The van der Waals surface area contributed by atoms with Crippen molar-refractivity contribution in [3.05, 3.63) is 26.2 Å². The van der Waals surface area contributed by atoms with Crippen LogP contribution in [-0.4, -0.2) is 18.0 Å². The zero-order chi connectivity index (χ0) is 13.0. The van der Waals surface area contributed by atoms with E-state index in [2.05, 4.69) is 43.8 Å². The highest BCUT2D eigenvalue weighted by molar-refractivity contribution is 14.1. The Hall–Kier alpha value is -0.830. The number of halogens is 2. The molecule has 3 amide bonds. The minimum absolute atomic E-state index is 0.469. The number of carbonyl (C=O) groups excluding carboxylic acids is 2. The molecule has 4 N–H and O–H groups in total. The van der Waals surface area contributed by atoms with Gasteiger partial charge in [-0.3, -0.25) is 10.1 Å². The highest BCUT2D eigenvalue weighted by atomic mass is 127. The minimum atomic E-state index is -0.856. The first-order valence-electron chi connectivity index (χ1n) is 4.72. The van der Waals surface area contributed by atoms with Crippen LogP contribution < -0.4 is 16.4 Å². The number of amides is 3. The number of hydrogen-bond donors (Lipinski definition) is 3. The van der Waals surface area contributed by atoms with Crippen LogP contribution in [0.15, 0.2) is 22.7 Å². The number of rotatable bonds is 3. The predicted molar refractivity (Wildman–Crippen MR) is 77.7 cm³/mol. The third kappa shape index (κ3) is 4.50. The lowest BCUT2D eigenvalue weighted by atomic mass is 10.2. The van der Waals surface area contributed by atoms with E-state index in [0.29, 0.717) is 0 Å². The number of nitrogens with two attached hydrogens (primary N) is 1. The zero-order valence-electron chi connectivity index (χ0n) is 8.96. The third-order valence-electron chi connectivity index (χ3n) is 1.94.